The summed E-state index contributed by atoms with van der Waals surface area (Å²) in [5.74, 6) is 0.626. The molecule has 1 aromatic rings. The maximum atomic E-state index is 10.7. The van der Waals surface area contributed by atoms with Crippen molar-refractivity contribution < 1.29 is 14.3 Å². The highest BCUT2D eigenvalue weighted by Gasteiger charge is 2.15. The number of carboxylic acids is 1. The molecule has 0 radical (unpaired) electrons. The van der Waals surface area contributed by atoms with Gasteiger partial charge in [-0.3, -0.25) is 4.79 Å². The lowest BCUT2D eigenvalue weighted by Gasteiger charge is -2.07. The third-order valence-electron chi connectivity index (χ3n) is 1.70. The van der Waals surface area contributed by atoms with E-state index < -0.39 is 5.97 Å². The van der Waals surface area contributed by atoms with Gasteiger partial charge < -0.3 is 9.52 Å². The fourth-order valence-electron chi connectivity index (χ4n) is 0.976. The standard InChI is InChI=1S/C9H11BrO3S/c1-2-7(9(11)12)14-5-6-3-4-8(10)13-6/h3-4,7H,2,5H2,1H3,(H,11,12). The van der Waals surface area contributed by atoms with Crippen molar-refractivity contribution in [3.8, 4) is 0 Å². The van der Waals surface area contributed by atoms with Crippen LogP contribution in [0.1, 0.15) is 19.1 Å². The van der Waals surface area contributed by atoms with E-state index in [1.165, 1.54) is 11.8 Å². The van der Waals surface area contributed by atoms with Crippen LogP contribution in [0.3, 0.4) is 0 Å². The SMILES string of the molecule is CCC(SCc1ccc(Br)o1)C(=O)O. The van der Waals surface area contributed by atoms with Crippen molar-refractivity contribution in [2.24, 2.45) is 0 Å². The minimum Gasteiger partial charge on any atom is -0.480 e. The quantitative estimate of drug-likeness (QED) is 0.899. The summed E-state index contributed by atoms with van der Waals surface area (Å²) in [4.78, 5) is 10.7. The Morgan fingerprint density at radius 2 is 2.43 bits per heavy atom. The van der Waals surface area contributed by atoms with E-state index in [-0.39, 0.29) is 5.25 Å². The van der Waals surface area contributed by atoms with Gasteiger partial charge in [0.15, 0.2) is 4.67 Å². The van der Waals surface area contributed by atoms with Crippen LogP contribution < -0.4 is 0 Å². The number of aliphatic carboxylic acids is 1. The van der Waals surface area contributed by atoms with Gasteiger partial charge in [-0.2, -0.15) is 0 Å². The number of hydrogen-bond donors (Lipinski definition) is 1. The average Bonchev–Trinajstić information content (AvgIpc) is 2.52. The highest BCUT2D eigenvalue weighted by atomic mass is 79.9. The first kappa shape index (κ1) is 11.7. The van der Waals surface area contributed by atoms with E-state index in [1.807, 2.05) is 13.0 Å². The van der Waals surface area contributed by atoms with Crippen LogP contribution in [-0.2, 0) is 10.5 Å². The van der Waals surface area contributed by atoms with Gasteiger partial charge in [-0.1, -0.05) is 6.92 Å². The van der Waals surface area contributed by atoms with Gasteiger partial charge in [-0.05, 0) is 34.5 Å². The zero-order chi connectivity index (χ0) is 10.6. The summed E-state index contributed by atoms with van der Waals surface area (Å²) < 4.78 is 5.94. The van der Waals surface area contributed by atoms with E-state index in [2.05, 4.69) is 15.9 Å². The highest BCUT2D eigenvalue weighted by Crippen LogP contribution is 2.23. The molecule has 1 N–H and O–H groups in total. The summed E-state index contributed by atoms with van der Waals surface area (Å²) >= 11 is 4.57. The lowest BCUT2D eigenvalue weighted by atomic mass is 10.3. The predicted molar refractivity (Wildman–Crippen MR) is 59.4 cm³/mol. The van der Waals surface area contributed by atoms with Crippen LogP contribution in [0.4, 0.5) is 0 Å². The molecular weight excluding hydrogens is 268 g/mol. The van der Waals surface area contributed by atoms with E-state index in [1.54, 1.807) is 6.07 Å². The third-order valence-corrected chi connectivity index (χ3v) is 3.52. The molecule has 78 valence electrons. The minimum atomic E-state index is -0.761. The number of carbonyl (C=O) groups is 1. The molecule has 1 atom stereocenters. The van der Waals surface area contributed by atoms with E-state index in [0.717, 1.165) is 5.76 Å². The highest BCUT2D eigenvalue weighted by molar-refractivity contribution is 9.10. The van der Waals surface area contributed by atoms with Gasteiger partial charge in [-0.25, -0.2) is 0 Å². The second-order valence-electron chi connectivity index (χ2n) is 2.75. The molecule has 0 fully saturated rings. The normalized spacial score (nSPS) is 12.7. The minimum absolute atomic E-state index is 0.348. The molecule has 5 heteroatoms. The van der Waals surface area contributed by atoms with E-state index >= 15 is 0 Å². The number of hydrogen-bond acceptors (Lipinski definition) is 3. The first-order valence-corrected chi connectivity index (χ1v) is 6.06. The summed E-state index contributed by atoms with van der Waals surface area (Å²) in [5.41, 5.74) is 0. The molecule has 1 rings (SSSR count). The Hall–Kier alpha value is -0.420. The molecule has 1 aromatic heterocycles. The molecule has 0 saturated carbocycles. The van der Waals surface area contributed by atoms with Gasteiger partial charge >= 0.3 is 5.97 Å². The summed E-state index contributed by atoms with van der Waals surface area (Å²) in [6, 6.07) is 3.64. The Morgan fingerprint density at radius 3 is 2.86 bits per heavy atom. The fraction of sp³-hybridized carbons (Fsp3) is 0.444. The first-order valence-electron chi connectivity index (χ1n) is 4.22. The van der Waals surface area contributed by atoms with Crippen LogP contribution in [0.2, 0.25) is 0 Å². The topological polar surface area (TPSA) is 50.4 Å². The van der Waals surface area contributed by atoms with Crippen LogP contribution in [0.5, 0.6) is 0 Å². The smallest absolute Gasteiger partial charge is 0.316 e. The van der Waals surface area contributed by atoms with Crippen molar-refractivity contribution in [3.63, 3.8) is 0 Å². The van der Waals surface area contributed by atoms with Crippen LogP contribution in [0.25, 0.3) is 0 Å². The average molecular weight is 279 g/mol. The van der Waals surface area contributed by atoms with Crippen LogP contribution in [-0.4, -0.2) is 16.3 Å². The molecule has 0 bridgehead atoms. The Balaban J connectivity index is 2.43. The number of carboxylic acid groups (broad SMARTS) is 1. The van der Waals surface area contributed by atoms with Crippen molar-refractivity contribution in [2.75, 3.05) is 0 Å². The van der Waals surface area contributed by atoms with Gasteiger partial charge in [0.1, 0.15) is 11.0 Å². The Bertz CT molecular complexity index is 311. The molecule has 0 aliphatic carbocycles. The molecule has 1 unspecified atom stereocenters. The lowest BCUT2D eigenvalue weighted by Crippen LogP contribution is -2.14. The molecule has 0 aromatic carbocycles. The first-order chi connectivity index (χ1) is 6.63. The molecule has 1 heterocycles. The van der Waals surface area contributed by atoms with Gasteiger partial charge in [0, 0.05) is 0 Å². The van der Waals surface area contributed by atoms with Crippen molar-refractivity contribution >= 4 is 33.7 Å². The summed E-state index contributed by atoms with van der Waals surface area (Å²) in [7, 11) is 0. The van der Waals surface area contributed by atoms with E-state index in [0.29, 0.717) is 16.8 Å². The molecule has 0 amide bonds. The monoisotopic (exact) mass is 278 g/mol. The molecule has 0 spiro atoms. The molecule has 3 nitrogen and oxygen atoms in total. The van der Waals surface area contributed by atoms with Crippen molar-refractivity contribution in [1.29, 1.82) is 0 Å². The second-order valence-corrected chi connectivity index (χ2v) is 4.72. The van der Waals surface area contributed by atoms with Crippen LogP contribution in [0.15, 0.2) is 21.2 Å². The number of rotatable bonds is 5. The Kier molecular flexibility index (Phi) is 4.54. The van der Waals surface area contributed by atoms with Gasteiger partial charge in [0.2, 0.25) is 0 Å². The number of furan rings is 1. The van der Waals surface area contributed by atoms with E-state index in [9.17, 15) is 4.79 Å². The molecule has 0 saturated heterocycles. The van der Waals surface area contributed by atoms with Crippen LogP contribution in [0, 0.1) is 0 Å². The summed E-state index contributed by atoms with van der Waals surface area (Å²) in [6.45, 7) is 1.86. The molecular formula is C9H11BrO3S. The van der Waals surface area contributed by atoms with E-state index in [4.69, 9.17) is 9.52 Å². The third kappa shape index (κ3) is 3.38. The van der Waals surface area contributed by atoms with Crippen molar-refractivity contribution in [3.05, 3.63) is 22.6 Å². The molecule has 0 aliphatic heterocycles. The molecule has 14 heavy (non-hydrogen) atoms. The lowest BCUT2D eigenvalue weighted by molar-refractivity contribution is -0.136. The maximum Gasteiger partial charge on any atom is 0.316 e. The summed E-state index contributed by atoms with van der Waals surface area (Å²) in [5, 5.41) is 8.45. The Labute approximate surface area is 95.0 Å². The Morgan fingerprint density at radius 1 is 1.71 bits per heavy atom. The largest absolute Gasteiger partial charge is 0.480 e. The van der Waals surface area contributed by atoms with Crippen LogP contribution >= 0.6 is 27.7 Å². The second kappa shape index (κ2) is 5.46. The molecule has 0 aliphatic rings. The zero-order valence-electron chi connectivity index (χ0n) is 7.70. The zero-order valence-corrected chi connectivity index (χ0v) is 10.1. The van der Waals surface area contributed by atoms with Crippen molar-refractivity contribution in [1.82, 2.24) is 0 Å². The van der Waals surface area contributed by atoms with Gasteiger partial charge in [0.05, 0.1) is 5.75 Å². The predicted octanol–water partition coefficient (Wildman–Crippen LogP) is 3.14. The number of halogens is 1. The summed E-state index contributed by atoms with van der Waals surface area (Å²) in [6.07, 6.45) is 0.627. The van der Waals surface area contributed by atoms with Gasteiger partial charge in [0.25, 0.3) is 0 Å². The number of thioether (sulfide) groups is 1. The van der Waals surface area contributed by atoms with Crippen molar-refractivity contribution in [2.45, 2.75) is 24.3 Å². The fourth-order valence-corrected chi connectivity index (χ4v) is 2.21. The van der Waals surface area contributed by atoms with Gasteiger partial charge in [-0.15, -0.1) is 11.8 Å². The maximum absolute atomic E-state index is 10.7.